The Morgan fingerprint density at radius 1 is 1.05 bits per heavy atom. The quantitative estimate of drug-likeness (QED) is 0.356. The molecule has 0 aromatic rings. The topological polar surface area (TPSA) is 35.5 Å². The number of hydrogen-bond donors (Lipinski definition) is 0. The molecule has 0 aliphatic heterocycles. The minimum Gasteiger partial charge on any atom is -0.298 e. The first-order valence-corrected chi connectivity index (χ1v) is 8.30. The number of carbonyl (C=O) groups is 1. The third-order valence-electron chi connectivity index (χ3n) is 3.99. The zero-order chi connectivity index (χ0) is 14.8. The second-order valence-corrected chi connectivity index (χ2v) is 7.37. The van der Waals surface area contributed by atoms with E-state index in [0.29, 0.717) is 24.4 Å². The second-order valence-electron chi connectivity index (χ2n) is 7.37. The van der Waals surface area contributed by atoms with Crippen LogP contribution in [-0.2, 0) is 14.6 Å². The highest BCUT2D eigenvalue weighted by molar-refractivity contribution is 5.68. The first-order chi connectivity index (χ1) is 9.47. The summed E-state index contributed by atoms with van der Waals surface area (Å²) in [4.78, 5) is 21.4. The Morgan fingerprint density at radius 2 is 1.75 bits per heavy atom. The predicted molar refractivity (Wildman–Crippen MR) is 81.2 cm³/mol. The van der Waals surface area contributed by atoms with Crippen molar-refractivity contribution < 1.29 is 14.6 Å². The molecule has 0 amide bonds. The Balaban J connectivity index is 1.92. The smallest absolute Gasteiger partial charge is 0.298 e. The minimum atomic E-state index is -0.212. The number of carbonyl (C=O) groups excluding carboxylic acids is 1. The molecule has 0 aromatic carbocycles. The molecule has 0 heterocycles. The van der Waals surface area contributed by atoms with Gasteiger partial charge < -0.3 is 0 Å². The molecule has 0 aromatic heterocycles. The molecule has 0 spiro atoms. The van der Waals surface area contributed by atoms with E-state index < -0.39 is 0 Å². The third-order valence-corrected chi connectivity index (χ3v) is 3.99. The van der Waals surface area contributed by atoms with Gasteiger partial charge in [-0.1, -0.05) is 52.9 Å². The molecule has 0 radical (unpaired) electrons. The molecule has 3 heteroatoms. The lowest BCUT2D eigenvalue weighted by molar-refractivity contribution is -0.279. The molecule has 1 saturated carbocycles. The van der Waals surface area contributed by atoms with Gasteiger partial charge in [0.15, 0.2) is 0 Å². The van der Waals surface area contributed by atoms with E-state index in [1.165, 1.54) is 44.9 Å². The molecule has 0 saturated heterocycles. The predicted octanol–water partition coefficient (Wildman–Crippen LogP) is 5.04. The summed E-state index contributed by atoms with van der Waals surface area (Å²) in [6.07, 6.45) is 11.2. The summed E-state index contributed by atoms with van der Waals surface area (Å²) in [7, 11) is 0. The molecule has 1 fully saturated rings. The van der Waals surface area contributed by atoms with Crippen molar-refractivity contribution in [2.75, 3.05) is 6.61 Å². The molecule has 3 nitrogen and oxygen atoms in total. The molecule has 0 bridgehead atoms. The van der Waals surface area contributed by atoms with Gasteiger partial charge in [0.25, 0.3) is 0 Å². The van der Waals surface area contributed by atoms with E-state index in [4.69, 9.17) is 9.78 Å². The summed E-state index contributed by atoms with van der Waals surface area (Å²) < 4.78 is 0. The normalized spacial score (nSPS) is 17.1. The largest absolute Gasteiger partial charge is 0.342 e. The monoisotopic (exact) mass is 284 g/mol. The van der Waals surface area contributed by atoms with Crippen LogP contribution >= 0.6 is 0 Å². The van der Waals surface area contributed by atoms with E-state index in [9.17, 15) is 4.79 Å². The van der Waals surface area contributed by atoms with Crippen LogP contribution in [0.25, 0.3) is 0 Å². The lowest BCUT2D eigenvalue weighted by Gasteiger charge is -2.20. The van der Waals surface area contributed by atoms with Gasteiger partial charge in [0.05, 0.1) is 6.61 Å². The van der Waals surface area contributed by atoms with Gasteiger partial charge in [-0.3, -0.25) is 4.89 Å². The molecule has 118 valence electrons. The zero-order valence-corrected chi connectivity index (χ0v) is 13.6. The van der Waals surface area contributed by atoms with Gasteiger partial charge in [0.2, 0.25) is 0 Å². The molecular formula is C17H32O3. The van der Waals surface area contributed by atoms with Gasteiger partial charge in [0, 0.05) is 6.42 Å². The average Bonchev–Trinajstić information content (AvgIpc) is 2.38. The van der Waals surface area contributed by atoms with Crippen molar-refractivity contribution in [3.8, 4) is 0 Å². The maximum atomic E-state index is 11.5. The Bertz CT molecular complexity index is 262. The van der Waals surface area contributed by atoms with Crippen molar-refractivity contribution in [3.05, 3.63) is 0 Å². The van der Waals surface area contributed by atoms with Gasteiger partial charge in [-0.05, 0) is 37.0 Å². The summed E-state index contributed by atoms with van der Waals surface area (Å²) in [6.45, 7) is 7.33. The molecule has 1 aliphatic rings. The zero-order valence-electron chi connectivity index (χ0n) is 13.6. The molecule has 0 unspecified atom stereocenters. The molecule has 1 rings (SSSR count). The fourth-order valence-electron chi connectivity index (χ4n) is 2.69. The van der Waals surface area contributed by atoms with Crippen LogP contribution in [0.2, 0.25) is 0 Å². The summed E-state index contributed by atoms with van der Waals surface area (Å²) in [6, 6.07) is 0. The van der Waals surface area contributed by atoms with Gasteiger partial charge in [-0.2, -0.15) is 4.89 Å². The number of hydrogen-bond acceptors (Lipinski definition) is 3. The van der Waals surface area contributed by atoms with E-state index >= 15 is 0 Å². The summed E-state index contributed by atoms with van der Waals surface area (Å²) >= 11 is 0. The van der Waals surface area contributed by atoms with Crippen LogP contribution in [0.5, 0.6) is 0 Å². The summed E-state index contributed by atoms with van der Waals surface area (Å²) in [5, 5.41) is 0. The van der Waals surface area contributed by atoms with E-state index in [0.717, 1.165) is 12.8 Å². The van der Waals surface area contributed by atoms with Crippen LogP contribution in [0.3, 0.4) is 0 Å². The first-order valence-electron chi connectivity index (χ1n) is 8.30. The van der Waals surface area contributed by atoms with Crippen molar-refractivity contribution in [2.45, 2.75) is 85.0 Å². The highest BCUT2D eigenvalue weighted by atomic mass is 17.2. The van der Waals surface area contributed by atoms with Crippen LogP contribution in [0.1, 0.15) is 85.0 Å². The first kappa shape index (κ1) is 17.5. The number of rotatable bonds is 8. The van der Waals surface area contributed by atoms with Gasteiger partial charge in [-0.25, -0.2) is 4.79 Å². The highest BCUT2D eigenvalue weighted by Crippen LogP contribution is 2.24. The van der Waals surface area contributed by atoms with Crippen molar-refractivity contribution in [1.29, 1.82) is 0 Å². The summed E-state index contributed by atoms with van der Waals surface area (Å²) in [5.41, 5.74) is 0.392. The molecule has 0 N–H and O–H groups in total. The minimum absolute atomic E-state index is 0.212. The Kier molecular flexibility index (Phi) is 8.20. The van der Waals surface area contributed by atoms with E-state index in [2.05, 4.69) is 20.8 Å². The van der Waals surface area contributed by atoms with Crippen LogP contribution in [0, 0.1) is 11.3 Å². The Labute approximate surface area is 124 Å². The maximum Gasteiger partial charge on any atom is 0.342 e. The Morgan fingerprint density at radius 3 is 2.40 bits per heavy atom. The lowest BCUT2D eigenvalue weighted by atomic mass is 9.89. The number of unbranched alkanes of at least 4 members (excludes halogenated alkanes) is 2. The highest BCUT2D eigenvalue weighted by Gasteiger charge is 2.15. The molecular weight excluding hydrogens is 252 g/mol. The average molecular weight is 284 g/mol. The van der Waals surface area contributed by atoms with Gasteiger partial charge in [-0.15, -0.1) is 0 Å². The summed E-state index contributed by atoms with van der Waals surface area (Å²) in [5.74, 6) is 0.375. The molecule has 1 aliphatic carbocycles. The fraction of sp³-hybridized carbons (Fsp3) is 0.941. The van der Waals surface area contributed by atoms with Crippen LogP contribution in [0.4, 0.5) is 0 Å². The fourth-order valence-corrected chi connectivity index (χ4v) is 2.69. The van der Waals surface area contributed by atoms with Crippen molar-refractivity contribution in [2.24, 2.45) is 11.3 Å². The van der Waals surface area contributed by atoms with Crippen LogP contribution in [-0.4, -0.2) is 12.6 Å². The van der Waals surface area contributed by atoms with Crippen molar-refractivity contribution in [3.63, 3.8) is 0 Å². The van der Waals surface area contributed by atoms with Crippen molar-refractivity contribution >= 4 is 5.97 Å². The van der Waals surface area contributed by atoms with E-state index in [1.54, 1.807) is 0 Å². The maximum absolute atomic E-state index is 11.5. The van der Waals surface area contributed by atoms with Gasteiger partial charge >= 0.3 is 5.97 Å². The van der Waals surface area contributed by atoms with Crippen LogP contribution in [0.15, 0.2) is 0 Å². The van der Waals surface area contributed by atoms with Gasteiger partial charge in [0.1, 0.15) is 0 Å². The SMILES string of the molecule is CC(C)(C)CCCCCC(=O)OOCC1CCCCC1. The van der Waals surface area contributed by atoms with E-state index in [1.807, 2.05) is 0 Å². The van der Waals surface area contributed by atoms with Crippen LogP contribution < -0.4 is 0 Å². The second kappa shape index (κ2) is 9.38. The standard InChI is InChI=1S/C17H32O3/c1-17(2,3)13-9-5-8-12-16(18)20-19-14-15-10-6-4-7-11-15/h15H,4-14H2,1-3H3. The van der Waals surface area contributed by atoms with Crippen molar-refractivity contribution in [1.82, 2.24) is 0 Å². The molecule has 0 atom stereocenters. The molecule has 20 heavy (non-hydrogen) atoms. The third kappa shape index (κ3) is 9.35. The lowest BCUT2D eigenvalue weighted by Crippen LogP contribution is -2.15. The Hall–Kier alpha value is -0.570. The van der Waals surface area contributed by atoms with E-state index in [-0.39, 0.29) is 5.97 Å².